The van der Waals surface area contributed by atoms with Crippen molar-refractivity contribution in [1.82, 2.24) is 15.0 Å². The number of nitrogen functional groups attached to an aromatic ring is 1. The Morgan fingerprint density at radius 1 is 1.03 bits per heavy atom. The summed E-state index contributed by atoms with van der Waals surface area (Å²) in [4.78, 5) is 14.8. The van der Waals surface area contributed by atoms with Gasteiger partial charge in [0.15, 0.2) is 5.65 Å². The van der Waals surface area contributed by atoms with Crippen molar-refractivity contribution in [3.8, 4) is 27.4 Å². The molecule has 0 saturated heterocycles. The van der Waals surface area contributed by atoms with Gasteiger partial charge < -0.3 is 10.5 Å². The van der Waals surface area contributed by atoms with Crippen LogP contribution in [0.1, 0.15) is 11.1 Å². The van der Waals surface area contributed by atoms with E-state index in [0.717, 1.165) is 48.4 Å². The molecule has 8 heteroatoms. The summed E-state index contributed by atoms with van der Waals surface area (Å²) in [7, 11) is 1.68. The van der Waals surface area contributed by atoms with Crippen LogP contribution in [0.15, 0.2) is 76.8 Å². The minimum atomic E-state index is 0. The molecule has 0 radical (unpaired) electrons. The fourth-order valence-electron chi connectivity index (χ4n) is 3.90. The van der Waals surface area contributed by atoms with E-state index in [1.807, 2.05) is 30.3 Å². The zero-order valence-electron chi connectivity index (χ0n) is 17.7. The van der Waals surface area contributed by atoms with Crippen molar-refractivity contribution >= 4 is 56.5 Å². The number of halogens is 2. The van der Waals surface area contributed by atoms with Gasteiger partial charge in [-0.1, -0.05) is 46.3 Å². The van der Waals surface area contributed by atoms with E-state index in [9.17, 15) is 0 Å². The van der Waals surface area contributed by atoms with Crippen molar-refractivity contribution in [1.29, 1.82) is 0 Å². The van der Waals surface area contributed by atoms with Crippen LogP contribution < -0.4 is 10.5 Å². The molecule has 0 atom stereocenters. The fraction of sp³-hybridized carbons (Fsp3) is 0.0800. The molecule has 0 aliphatic heterocycles. The maximum Gasteiger partial charge on any atom is 0.165 e. The summed E-state index contributed by atoms with van der Waals surface area (Å²) in [6, 6.07) is 20.4. The van der Waals surface area contributed by atoms with Gasteiger partial charge in [-0.15, -0.1) is 23.7 Å². The van der Waals surface area contributed by atoms with Gasteiger partial charge in [0.1, 0.15) is 17.9 Å². The minimum Gasteiger partial charge on any atom is -0.497 e. The highest BCUT2D eigenvalue weighted by molar-refractivity contribution is 9.10. The normalized spacial score (nSPS) is 10.7. The van der Waals surface area contributed by atoms with Crippen LogP contribution in [0.4, 0.5) is 5.82 Å². The molecule has 2 N–H and O–H groups in total. The Morgan fingerprint density at radius 3 is 2.64 bits per heavy atom. The smallest absolute Gasteiger partial charge is 0.165 e. The molecule has 0 unspecified atom stereocenters. The van der Waals surface area contributed by atoms with Gasteiger partial charge in [-0.2, -0.15) is 0 Å². The highest BCUT2D eigenvalue weighted by Gasteiger charge is 2.22. The summed E-state index contributed by atoms with van der Waals surface area (Å²) in [6.07, 6.45) is 2.12. The molecule has 3 aromatic heterocycles. The van der Waals surface area contributed by atoms with Crippen molar-refractivity contribution in [2.45, 2.75) is 6.42 Å². The molecule has 0 aliphatic rings. The van der Waals surface area contributed by atoms with E-state index in [-0.39, 0.29) is 12.4 Å². The van der Waals surface area contributed by atoms with Crippen LogP contribution in [-0.2, 0) is 6.42 Å². The molecule has 0 spiro atoms. The van der Waals surface area contributed by atoms with Gasteiger partial charge in [-0.3, -0.25) is 0 Å². The Labute approximate surface area is 210 Å². The number of fused-ring (bicyclic) bond motifs is 1. The SMILES string of the molecule is COc1cccc(Cc2c(-c3cccs3)nc3ncnc(N)c3c2-c2cccc(Br)c2)c1.Cl. The number of nitrogens with zero attached hydrogens (tertiary/aromatic N) is 3. The second-order valence-electron chi connectivity index (χ2n) is 7.29. The van der Waals surface area contributed by atoms with E-state index in [4.69, 9.17) is 15.5 Å². The van der Waals surface area contributed by atoms with Gasteiger partial charge in [-0.25, -0.2) is 15.0 Å². The molecule has 0 fully saturated rings. The van der Waals surface area contributed by atoms with E-state index in [2.05, 4.69) is 61.6 Å². The number of aromatic nitrogens is 3. The van der Waals surface area contributed by atoms with Gasteiger partial charge in [0.2, 0.25) is 0 Å². The van der Waals surface area contributed by atoms with E-state index < -0.39 is 0 Å². The summed E-state index contributed by atoms with van der Waals surface area (Å²) < 4.78 is 6.44. The second-order valence-corrected chi connectivity index (χ2v) is 9.15. The largest absolute Gasteiger partial charge is 0.497 e. The molecule has 0 saturated carbocycles. The third-order valence-corrected chi connectivity index (χ3v) is 6.66. The molecule has 166 valence electrons. The number of rotatable bonds is 5. The second kappa shape index (κ2) is 9.87. The molecule has 0 aliphatic carbocycles. The number of thiophene rings is 1. The molecule has 0 bridgehead atoms. The molecular weight excluding hydrogens is 520 g/mol. The van der Waals surface area contributed by atoms with Crippen molar-refractivity contribution in [2.75, 3.05) is 12.8 Å². The third kappa shape index (κ3) is 4.57. The Balaban J connectivity index is 0.00000259. The lowest BCUT2D eigenvalue weighted by molar-refractivity contribution is 0.414. The molecule has 0 amide bonds. The maximum absolute atomic E-state index is 6.39. The van der Waals surface area contributed by atoms with E-state index in [1.165, 1.54) is 6.33 Å². The lowest BCUT2D eigenvalue weighted by Crippen LogP contribution is -2.04. The standard InChI is InChI=1S/C25H19BrN4OS.ClH/c1-31-18-8-2-5-15(11-18)12-19-21(16-6-3-7-17(26)13-16)22-24(27)28-14-29-25(22)30-23(19)20-9-4-10-32-20;/h2-11,13-14H,12H2,1H3,(H2,27,28,29,30);1H. The molecule has 3 heterocycles. The van der Waals surface area contributed by atoms with Crippen molar-refractivity contribution in [3.05, 3.63) is 88.0 Å². The zero-order valence-corrected chi connectivity index (χ0v) is 20.9. The van der Waals surface area contributed by atoms with Crippen molar-refractivity contribution in [2.24, 2.45) is 0 Å². The lowest BCUT2D eigenvalue weighted by Gasteiger charge is -2.18. The number of ether oxygens (including phenoxy) is 1. The Morgan fingerprint density at radius 2 is 1.88 bits per heavy atom. The predicted molar refractivity (Wildman–Crippen MR) is 141 cm³/mol. The molecule has 5 aromatic rings. The number of hydrogen-bond donors (Lipinski definition) is 1. The summed E-state index contributed by atoms with van der Waals surface area (Å²) in [6.45, 7) is 0. The Hall–Kier alpha value is -3.00. The quantitative estimate of drug-likeness (QED) is 0.266. The number of hydrogen-bond acceptors (Lipinski definition) is 6. The fourth-order valence-corrected chi connectivity index (χ4v) is 5.04. The summed E-state index contributed by atoms with van der Waals surface area (Å²) >= 11 is 5.27. The van der Waals surface area contributed by atoms with Gasteiger partial charge in [0, 0.05) is 16.5 Å². The molecule has 5 rings (SSSR count). The topological polar surface area (TPSA) is 73.9 Å². The van der Waals surface area contributed by atoms with Crippen LogP contribution in [0.25, 0.3) is 32.7 Å². The number of methoxy groups -OCH3 is 1. The van der Waals surface area contributed by atoms with Crippen LogP contribution in [0.5, 0.6) is 5.75 Å². The number of nitrogens with two attached hydrogens (primary N) is 1. The van der Waals surface area contributed by atoms with Crippen LogP contribution >= 0.6 is 39.7 Å². The van der Waals surface area contributed by atoms with E-state index in [1.54, 1.807) is 18.4 Å². The van der Waals surface area contributed by atoms with Gasteiger partial charge in [-0.05, 0) is 52.4 Å². The minimum absolute atomic E-state index is 0. The number of anilines is 1. The average Bonchev–Trinajstić information content (AvgIpc) is 3.34. The van der Waals surface area contributed by atoms with Gasteiger partial charge in [0.25, 0.3) is 0 Å². The van der Waals surface area contributed by atoms with Gasteiger partial charge >= 0.3 is 0 Å². The van der Waals surface area contributed by atoms with E-state index >= 15 is 0 Å². The van der Waals surface area contributed by atoms with Gasteiger partial charge in [0.05, 0.1) is 23.1 Å². The predicted octanol–water partition coefficient (Wildman–Crippen LogP) is 6.79. The van der Waals surface area contributed by atoms with Crippen LogP contribution in [0.2, 0.25) is 0 Å². The molecule has 5 nitrogen and oxygen atoms in total. The Bertz CT molecular complexity index is 1430. The molecule has 2 aromatic carbocycles. The zero-order chi connectivity index (χ0) is 22.1. The lowest BCUT2D eigenvalue weighted by atomic mass is 9.91. The maximum atomic E-state index is 6.39. The first-order valence-electron chi connectivity index (χ1n) is 10.00. The first-order valence-corrected chi connectivity index (χ1v) is 11.7. The molecular formula is C25H20BrClN4OS. The Kier molecular flexibility index (Phi) is 6.93. The van der Waals surface area contributed by atoms with Crippen molar-refractivity contribution in [3.63, 3.8) is 0 Å². The average molecular weight is 540 g/mol. The molecule has 33 heavy (non-hydrogen) atoms. The van der Waals surface area contributed by atoms with Crippen LogP contribution in [0, 0.1) is 0 Å². The summed E-state index contributed by atoms with van der Waals surface area (Å²) in [5, 5.41) is 2.83. The number of benzene rings is 2. The van der Waals surface area contributed by atoms with Crippen LogP contribution in [-0.4, -0.2) is 22.1 Å². The van der Waals surface area contributed by atoms with Crippen molar-refractivity contribution < 1.29 is 4.74 Å². The first-order chi connectivity index (χ1) is 15.6. The highest BCUT2D eigenvalue weighted by atomic mass is 79.9. The first kappa shape index (κ1) is 23.2. The number of pyridine rings is 1. The van der Waals surface area contributed by atoms with E-state index in [0.29, 0.717) is 17.9 Å². The third-order valence-electron chi connectivity index (χ3n) is 5.29. The highest BCUT2D eigenvalue weighted by Crippen LogP contribution is 2.41. The summed E-state index contributed by atoms with van der Waals surface area (Å²) in [5.41, 5.74) is 12.1. The monoisotopic (exact) mass is 538 g/mol. The summed E-state index contributed by atoms with van der Waals surface area (Å²) in [5.74, 6) is 1.24. The van der Waals surface area contributed by atoms with Crippen LogP contribution in [0.3, 0.4) is 0 Å².